The molecular formula is C58H32O2. The lowest BCUT2D eigenvalue weighted by Gasteiger charge is -2.18. The molecule has 0 saturated heterocycles. The minimum Gasteiger partial charge on any atom is -0.456 e. The summed E-state index contributed by atoms with van der Waals surface area (Å²) in [5, 5.41) is 21.8. The van der Waals surface area contributed by atoms with E-state index in [9.17, 15) is 0 Å². The molecule has 0 aliphatic carbocycles. The topological polar surface area (TPSA) is 26.3 Å². The largest absolute Gasteiger partial charge is 0.456 e. The number of fused-ring (bicyclic) bond motifs is 16. The molecule has 0 unspecified atom stereocenters. The zero-order chi connectivity index (χ0) is 39.1. The Hall–Kier alpha value is -7.94. The molecule has 2 aromatic heterocycles. The standard InChI is InChI=1S/C58H32O2/c1-2-12-34-26-46-45(25-33(34)11-1)39-15-5-6-16-40(39)48-32-56-52(31-47(46)48)50-29-38(22-24-54(50)60-56)58-43-19-9-7-17-41(43)57(42-18-8-10-20-44(42)58)37-21-23-53-49(28-37)51-27-35-13-3-4-14-36(35)30-55(51)59-53/h1-32H. The molecule has 0 fully saturated rings. The van der Waals surface area contributed by atoms with E-state index in [1.165, 1.54) is 97.7 Å². The van der Waals surface area contributed by atoms with Crippen LogP contribution in [0.1, 0.15) is 0 Å². The van der Waals surface area contributed by atoms with Crippen molar-refractivity contribution in [2.24, 2.45) is 0 Å². The summed E-state index contributed by atoms with van der Waals surface area (Å²) >= 11 is 0. The lowest BCUT2D eigenvalue weighted by molar-refractivity contribution is 0.669. The molecule has 0 saturated carbocycles. The van der Waals surface area contributed by atoms with Crippen LogP contribution < -0.4 is 0 Å². The van der Waals surface area contributed by atoms with Gasteiger partial charge in [-0.15, -0.1) is 0 Å². The van der Waals surface area contributed by atoms with Crippen LogP contribution in [0.3, 0.4) is 0 Å². The SMILES string of the molecule is c1ccc2cc3c(cc2c1)oc1ccc(-c2c4ccccc4c(-c4ccc5oc6cc7c8ccccc8c8cc9ccccc9cc8c7cc6c5c4)c4ccccc24)cc13. The third-order valence-electron chi connectivity index (χ3n) is 13.1. The van der Waals surface area contributed by atoms with E-state index in [1.807, 2.05) is 0 Å². The quantitative estimate of drug-likeness (QED) is 0.130. The van der Waals surface area contributed by atoms with Crippen LogP contribution in [0, 0.1) is 0 Å². The molecule has 2 heterocycles. The van der Waals surface area contributed by atoms with Gasteiger partial charge in [0.25, 0.3) is 0 Å². The number of hydrogen-bond donors (Lipinski definition) is 0. The van der Waals surface area contributed by atoms with Gasteiger partial charge >= 0.3 is 0 Å². The van der Waals surface area contributed by atoms with E-state index in [-0.39, 0.29) is 0 Å². The van der Waals surface area contributed by atoms with Crippen molar-refractivity contribution in [1.82, 2.24) is 0 Å². The molecule has 0 atom stereocenters. The van der Waals surface area contributed by atoms with Gasteiger partial charge in [-0.25, -0.2) is 0 Å². The van der Waals surface area contributed by atoms with Gasteiger partial charge in [0.2, 0.25) is 0 Å². The van der Waals surface area contributed by atoms with Gasteiger partial charge in [-0.1, -0.05) is 133 Å². The molecule has 14 rings (SSSR count). The van der Waals surface area contributed by atoms with Crippen LogP contribution >= 0.6 is 0 Å². The van der Waals surface area contributed by atoms with E-state index >= 15 is 0 Å². The van der Waals surface area contributed by atoms with Gasteiger partial charge in [0.1, 0.15) is 22.3 Å². The summed E-state index contributed by atoms with van der Waals surface area (Å²) in [5.41, 5.74) is 8.41. The molecule has 0 aliphatic heterocycles. The number of hydrogen-bond acceptors (Lipinski definition) is 2. The van der Waals surface area contributed by atoms with Crippen LogP contribution in [-0.4, -0.2) is 0 Å². The van der Waals surface area contributed by atoms with Gasteiger partial charge in [-0.2, -0.15) is 0 Å². The fraction of sp³-hybridized carbons (Fsp3) is 0. The van der Waals surface area contributed by atoms with Crippen molar-refractivity contribution in [3.8, 4) is 22.3 Å². The molecule has 0 spiro atoms. The average Bonchev–Trinajstić information content (AvgIpc) is 3.85. The van der Waals surface area contributed by atoms with Crippen LogP contribution in [0.15, 0.2) is 203 Å². The molecular weight excluding hydrogens is 729 g/mol. The van der Waals surface area contributed by atoms with Crippen LogP contribution in [0.25, 0.3) is 142 Å². The second-order valence-electron chi connectivity index (χ2n) is 16.3. The highest BCUT2D eigenvalue weighted by Crippen LogP contribution is 2.47. The molecule has 276 valence electrons. The Morgan fingerprint density at radius 2 is 0.533 bits per heavy atom. The molecule has 0 bridgehead atoms. The molecule has 12 aromatic carbocycles. The lowest BCUT2D eigenvalue weighted by Crippen LogP contribution is -1.90. The fourth-order valence-corrected chi connectivity index (χ4v) is 10.4. The summed E-state index contributed by atoms with van der Waals surface area (Å²) in [5.74, 6) is 0. The van der Waals surface area contributed by atoms with E-state index in [4.69, 9.17) is 8.83 Å². The minimum atomic E-state index is 0.891. The number of benzene rings is 12. The smallest absolute Gasteiger partial charge is 0.136 e. The van der Waals surface area contributed by atoms with E-state index in [0.717, 1.165) is 43.9 Å². The maximum atomic E-state index is 6.71. The lowest BCUT2D eigenvalue weighted by atomic mass is 9.85. The Bertz CT molecular complexity index is 4120. The van der Waals surface area contributed by atoms with Crippen LogP contribution in [0.2, 0.25) is 0 Å². The third-order valence-corrected chi connectivity index (χ3v) is 13.1. The molecule has 60 heavy (non-hydrogen) atoms. The fourth-order valence-electron chi connectivity index (χ4n) is 10.4. The molecule has 0 radical (unpaired) electrons. The maximum Gasteiger partial charge on any atom is 0.136 e. The predicted molar refractivity (Wildman–Crippen MR) is 254 cm³/mol. The summed E-state index contributed by atoms with van der Waals surface area (Å²) in [6.07, 6.45) is 0. The average molecular weight is 761 g/mol. The normalized spacial score (nSPS) is 12.3. The van der Waals surface area contributed by atoms with Crippen molar-refractivity contribution in [1.29, 1.82) is 0 Å². The Morgan fingerprint density at radius 1 is 0.200 bits per heavy atom. The van der Waals surface area contributed by atoms with Gasteiger partial charge in [0.05, 0.1) is 0 Å². The minimum absolute atomic E-state index is 0.891. The first-order chi connectivity index (χ1) is 29.7. The second-order valence-corrected chi connectivity index (χ2v) is 16.3. The molecule has 0 amide bonds. The van der Waals surface area contributed by atoms with Crippen LogP contribution in [0.5, 0.6) is 0 Å². The van der Waals surface area contributed by atoms with E-state index < -0.39 is 0 Å². The summed E-state index contributed by atoms with van der Waals surface area (Å²) < 4.78 is 13.1. The molecule has 14 aromatic rings. The summed E-state index contributed by atoms with van der Waals surface area (Å²) in [4.78, 5) is 0. The van der Waals surface area contributed by atoms with Gasteiger partial charge < -0.3 is 8.83 Å². The molecule has 2 heteroatoms. The number of rotatable bonds is 2. The van der Waals surface area contributed by atoms with Crippen molar-refractivity contribution in [2.45, 2.75) is 0 Å². The second kappa shape index (κ2) is 11.8. The van der Waals surface area contributed by atoms with Crippen molar-refractivity contribution in [2.75, 3.05) is 0 Å². The zero-order valence-electron chi connectivity index (χ0n) is 32.3. The Balaban J connectivity index is 1.02. The van der Waals surface area contributed by atoms with Crippen molar-refractivity contribution >= 4 is 119 Å². The van der Waals surface area contributed by atoms with E-state index in [0.29, 0.717) is 0 Å². The molecule has 2 nitrogen and oxygen atoms in total. The Morgan fingerprint density at radius 3 is 1.03 bits per heavy atom. The summed E-state index contributed by atoms with van der Waals surface area (Å²) in [7, 11) is 0. The third kappa shape index (κ3) is 4.42. The Kier molecular flexibility index (Phi) is 6.32. The first kappa shape index (κ1) is 32.1. The molecule has 0 aliphatic rings. The highest BCUT2D eigenvalue weighted by molar-refractivity contribution is 6.30. The maximum absolute atomic E-state index is 6.71. The molecule has 0 N–H and O–H groups in total. The van der Waals surface area contributed by atoms with E-state index in [2.05, 4.69) is 194 Å². The van der Waals surface area contributed by atoms with Gasteiger partial charge in [-0.05, 0) is 158 Å². The van der Waals surface area contributed by atoms with Gasteiger partial charge in [0, 0.05) is 21.5 Å². The van der Waals surface area contributed by atoms with Crippen molar-refractivity contribution < 1.29 is 8.83 Å². The summed E-state index contributed by atoms with van der Waals surface area (Å²) in [6, 6.07) is 71.0. The first-order valence-corrected chi connectivity index (χ1v) is 20.6. The summed E-state index contributed by atoms with van der Waals surface area (Å²) in [6.45, 7) is 0. The van der Waals surface area contributed by atoms with Crippen LogP contribution in [-0.2, 0) is 0 Å². The number of furan rings is 2. The van der Waals surface area contributed by atoms with Gasteiger partial charge in [0.15, 0.2) is 0 Å². The first-order valence-electron chi connectivity index (χ1n) is 20.6. The van der Waals surface area contributed by atoms with Crippen LogP contribution in [0.4, 0.5) is 0 Å². The Labute approximate surface area is 343 Å². The highest BCUT2D eigenvalue weighted by Gasteiger charge is 2.20. The zero-order valence-corrected chi connectivity index (χ0v) is 32.3. The van der Waals surface area contributed by atoms with E-state index in [1.54, 1.807) is 0 Å². The van der Waals surface area contributed by atoms with Crippen molar-refractivity contribution in [3.63, 3.8) is 0 Å². The highest BCUT2D eigenvalue weighted by atomic mass is 16.3. The van der Waals surface area contributed by atoms with Crippen molar-refractivity contribution in [3.05, 3.63) is 194 Å². The predicted octanol–water partition coefficient (Wildman–Crippen LogP) is 16.9. The van der Waals surface area contributed by atoms with Gasteiger partial charge in [-0.3, -0.25) is 0 Å². The monoisotopic (exact) mass is 760 g/mol.